The Morgan fingerprint density at radius 1 is 1.48 bits per heavy atom. The minimum atomic E-state index is -0.342. The summed E-state index contributed by atoms with van der Waals surface area (Å²) in [4.78, 5) is 32.7. The van der Waals surface area contributed by atoms with Gasteiger partial charge in [-0.1, -0.05) is 13.8 Å². The van der Waals surface area contributed by atoms with E-state index in [9.17, 15) is 9.59 Å². The number of aromatic nitrogens is 4. The summed E-state index contributed by atoms with van der Waals surface area (Å²) in [6.07, 6.45) is 3.72. The van der Waals surface area contributed by atoms with Gasteiger partial charge in [-0.2, -0.15) is 5.10 Å². The van der Waals surface area contributed by atoms with Crippen molar-refractivity contribution in [1.82, 2.24) is 24.6 Å². The molecule has 134 valence electrons. The summed E-state index contributed by atoms with van der Waals surface area (Å²) < 4.78 is 7.70. The van der Waals surface area contributed by atoms with Crippen molar-refractivity contribution >= 4 is 5.91 Å². The highest BCUT2D eigenvalue weighted by atomic mass is 16.5. The molecule has 1 aliphatic rings. The fourth-order valence-corrected chi connectivity index (χ4v) is 2.91. The summed E-state index contributed by atoms with van der Waals surface area (Å²) in [5.41, 5.74) is 0.765. The van der Waals surface area contributed by atoms with E-state index in [1.807, 2.05) is 10.7 Å². The van der Waals surface area contributed by atoms with Crippen molar-refractivity contribution in [2.45, 2.75) is 39.4 Å². The summed E-state index contributed by atoms with van der Waals surface area (Å²) in [5, 5.41) is 4.31. The van der Waals surface area contributed by atoms with Crippen LogP contribution >= 0.6 is 0 Å². The average molecular weight is 345 g/mol. The van der Waals surface area contributed by atoms with Crippen LogP contribution < -0.4 is 5.56 Å². The summed E-state index contributed by atoms with van der Waals surface area (Å²) in [5.74, 6) is 0.165. The van der Waals surface area contributed by atoms with E-state index in [0.29, 0.717) is 25.7 Å². The second-order valence-corrected chi connectivity index (χ2v) is 6.65. The second kappa shape index (κ2) is 7.60. The van der Waals surface area contributed by atoms with Crippen LogP contribution in [0.5, 0.6) is 0 Å². The maximum Gasteiger partial charge on any atom is 0.273 e. The van der Waals surface area contributed by atoms with E-state index in [-0.39, 0.29) is 23.2 Å². The van der Waals surface area contributed by atoms with Crippen LogP contribution in [-0.4, -0.2) is 49.8 Å². The Bertz CT molecular complexity index is 782. The van der Waals surface area contributed by atoms with Gasteiger partial charge in [0.2, 0.25) is 0 Å². The van der Waals surface area contributed by atoms with Gasteiger partial charge in [-0.25, -0.2) is 4.98 Å². The molecule has 1 aliphatic heterocycles. The number of carbonyl (C=O) groups excluding carboxylic acids is 1. The minimum Gasteiger partial charge on any atom is -0.379 e. The van der Waals surface area contributed by atoms with Gasteiger partial charge >= 0.3 is 0 Å². The molecule has 2 aromatic heterocycles. The quantitative estimate of drug-likeness (QED) is 0.874. The number of hydrogen-bond acceptors (Lipinski definition) is 5. The number of amides is 1. The fourth-order valence-electron chi connectivity index (χ4n) is 2.91. The number of H-pyrrole nitrogens is 1. The number of aryl methyl sites for hydroxylation is 1. The van der Waals surface area contributed by atoms with Gasteiger partial charge < -0.3 is 14.6 Å². The van der Waals surface area contributed by atoms with Gasteiger partial charge in [-0.3, -0.25) is 14.3 Å². The summed E-state index contributed by atoms with van der Waals surface area (Å²) >= 11 is 0. The topological polar surface area (TPSA) is 93.1 Å². The number of nitrogens with zero attached hydrogens (tertiary/aromatic N) is 4. The number of fused-ring (bicyclic) bond motifs is 1. The van der Waals surface area contributed by atoms with Gasteiger partial charge in [0.05, 0.1) is 31.2 Å². The average Bonchev–Trinajstić information content (AvgIpc) is 2.95. The first-order valence-corrected chi connectivity index (χ1v) is 8.48. The lowest BCUT2D eigenvalue weighted by Gasteiger charge is -2.29. The van der Waals surface area contributed by atoms with Crippen LogP contribution in [0.2, 0.25) is 0 Å². The standard InChI is InChI=1S/C17H23N5O3/c1-12(2)9-25-10-14-4-6-22-13(3-5-20-22)8-21(14)17(24)15-7-16(23)19-11-18-15/h3,5,7,11-12,14H,4,6,8-10H2,1-2H3,(H,18,19,23). The highest BCUT2D eigenvalue weighted by Crippen LogP contribution is 2.19. The maximum atomic E-state index is 13.0. The normalized spacial score (nSPS) is 17.4. The van der Waals surface area contributed by atoms with E-state index in [1.165, 1.54) is 12.4 Å². The molecule has 0 radical (unpaired) electrons. The molecule has 3 heterocycles. The van der Waals surface area contributed by atoms with Crippen LogP contribution in [0.15, 0.2) is 29.5 Å². The molecule has 25 heavy (non-hydrogen) atoms. The molecular formula is C17H23N5O3. The molecule has 1 N–H and O–H groups in total. The Hall–Kier alpha value is -2.48. The van der Waals surface area contributed by atoms with Crippen molar-refractivity contribution in [3.8, 4) is 0 Å². The largest absolute Gasteiger partial charge is 0.379 e. The molecule has 8 nitrogen and oxygen atoms in total. The summed E-state index contributed by atoms with van der Waals surface area (Å²) in [7, 11) is 0. The molecule has 0 saturated heterocycles. The summed E-state index contributed by atoms with van der Waals surface area (Å²) in [6.45, 7) is 6.43. The molecule has 0 aromatic carbocycles. The molecule has 8 heteroatoms. The summed E-state index contributed by atoms with van der Waals surface area (Å²) in [6, 6.07) is 3.05. The van der Waals surface area contributed by atoms with E-state index < -0.39 is 0 Å². The van der Waals surface area contributed by atoms with Gasteiger partial charge in [0.25, 0.3) is 11.5 Å². The van der Waals surface area contributed by atoms with Gasteiger partial charge in [0.15, 0.2) is 0 Å². The molecule has 0 aliphatic carbocycles. The first-order chi connectivity index (χ1) is 12.0. The van der Waals surface area contributed by atoms with Crippen LogP contribution in [0, 0.1) is 5.92 Å². The van der Waals surface area contributed by atoms with Crippen molar-refractivity contribution in [3.05, 3.63) is 46.4 Å². The number of aromatic amines is 1. The molecule has 0 fully saturated rings. The lowest BCUT2D eigenvalue weighted by molar-refractivity contribution is 0.0328. The molecule has 0 saturated carbocycles. The Balaban J connectivity index is 1.83. The van der Waals surface area contributed by atoms with Crippen LogP contribution in [0.3, 0.4) is 0 Å². The lowest BCUT2D eigenvalue weighted by Crippen LogP contribution is -2.42. The third-order valence-corrected chi connectivity index (χ3v) is 4.17. The van der Waals surface area contributed by atoms with Crippen molar-refractivity contribution in [1.29, 1.82) is 0 Å². The van der Waals surface area contributed by atoms with Gasteiger partial charge in [0, 0.05) is 25.4 Å². The SMILES string of the molecule is CC(C)COCC1CCn2nccc2CN1C(=O)c1cc(=O)[nH]cn1. The minimum absolute atomic E-state index is 0.0889. The van der Waals surface area contributed by atoms with Gasteiger partial charge in [-0.15, -0.1) is 0 Å². The molecule has 0 bridgehead atoms. The smallest absolute Gasteiger partial charge is 0.273 e. The van der Waals surface area contributed by atoms with Crippen LogP contribution in [0.4, 0.5) is 0 Å². The molecular weight excluding hydrogens is 322 g/mol. The Kier molecular flexibility index (Phi) is 5.28. The van der Waals surface area contributed by atoms with Crippen LogP contribution in [-0.2, 0) is 17.8 Å². The van der Waals surface area contributed by atoms with Gasteiger partial charge in [0.1, 0.15) is 5.69 Å². The number of rotatable bonds is 5. The molecule has 3 rings (SSSR count). The maximum absolute atomic E-state index is 13.0. The number of ether oxygens (including phenoxy) is 1. The fraction of sp³-hybridized carbons (Fsp3) is 0.529. The van der Waals surface area contributed by atoms with Crippen molar-refractivity contribution < 1.29 is 9.53 Å². The first-order valence-electron chi connectivity index (χ1n) is 8.48. The molecule has 2 aromatic rings. The Morgan fingerprint density at radius 2 is 2.32 bits per heavy atom. The van der Waals surface area contributed by atoms with Crippen LogP contribution in [0.25, 0.3) is 0 Å². The zero-order chi connectivity index (χ0) is 17.8. The third-order valence-electron chi connectivity index (χ3n) is 4.17. The van der Waals surface area contributed by atoms with E-state index in [0.717, 1.165) is 18.7 Å². The van der Waals surface area contributed by atoms with Gasteiger partial charge in [-0.05, 0) is 18.4 Å². The van der Waals surface area contributed by atoms with E-state index >= 15 is 0 Å². The predicted octanol–water partition coefficient (Wildman–Crippen LogP) is 1.05. The second-order valence-electron chi connectivity index (χ2n) is 6.65. The zero-order valence-electron chi connectivity index (χ0n) is 14.5. The van der Waals surface area contributed by atoms with E-state index in [4.69, 9.17) is 4.74 Å². The number of carbonyl (C=O) groups is 1. The monoisotopic (exact) mass is 345 g/mol. The first kappa shape index (κ1) is 17.3. The third kappa shape index (κ3) is 4.14. The molecule has 1 atom stereocenters. The highest BCUT2D eigenvalue weighted by Gasteiger charge is 2.29. The molecule has 0 spiro atoms. The Morgan fingerprint density at radius 3 is 3.08 bits per heavy atom. The van der Waals surface area contributed by atoms with Crippen LogP contribution in [0.1, 0.15) is 36.5 Å². The molecule has 1 unspecified atom stereocenters. The number of nitrogens with one attached hydrogen (secondary N) is 1. The lowest BCUT2D eigenvalue weighted by atomic mass is 10.1. The van der Waals surface area contributed by atoms with Crippen molar-refractivity contribution in [2.75, 3.05) is 13.2 Å². The van der Waals surface area contributed by atoms with E-state index in [1.54, 1.807) is 11.1 Å². The highest BCUT2D eigenvalue weighted by molar-refractivity contribution is 5.92. The van der Waals surface area contributed by atoms with E-state index in [2.05, 4.69) is 28.9 Å². The van der Waals surface area contributed by atoms with Crippen molar-refractivity contribution in [2.24, 2.45) is 5.92 Å². The number of hydrogen-bond donors (Lipinski definition) is 1. The predicted molar refractivity (Wildman–Crippen MR) is 91.0 cm³/mol. The Labute approximate surface area is 145 Å². The van der Waals surface area contributed by atoms with Crippen molar-refractivity contribution in [3.63, 3.8) is 0 Å². The molecule has 1 amide bonds. The zero-order valence-corrected chi connectivity index (χ0v) is 14.5.